The van der Waals surface area contributed by atoms with Gasteiger partial charge in [0.05, 0.1) is 16.8 Å². The summed E-state index contributed by atoms with van der Waals surface area (Å²) in [7, 11) is 4.07. The number of nitrogens with zero attached hydrogens (tertiary/aromatic N) is 4. The van der Waals surface area contributed by atoms with Gasteiger partial charge in [-0.05, 0) is 26.2 Å². The Morgan fingerprint density at radius 1 is 1.24 bits per heavy atom. The van der Waals surface area contributed by atoms with Gasteiger partial charge in [-0.2, -0.15) is 0 Å². The van der Waals surface area contributed by atoms with E-state index >= 15 is 0 Å². The average molecular weight is 269 g/mol. The van der Waals surface area contributed by atoms with Gasteiger partial charge in [-0.25, -0.2) is 0 Å². The van der Waals surface area contributed by atoms with E-state index in [-0.39, 0.29) is 12.4 Å². The molecule has 0 unspecified atom stereocenters. The van der Waals surface area contributed by atoms with E-state index in [2.05, 4.69) is 37.7 Å². The second kappa shape index (κ2) is 4.60. The summed E-state index contributed by atoms with van der Waals surface area (Å²) in [5, 5.41) is 8.44. The van der Waals surface area contributed by atoms with Gasteiger partial charge in [0.1, 0.15) is 0 Å². The van der Waals surface area contributed by atoms with Crippen molar-refractivity contribution in [1.82, 2.24) is 19.5 Å². The first kappa shape index (κ1) is 12.3. The molecule has 0 amide bonds. The van der Waals surface area contributed by atoms with Gasteiger partial charge in [0.25, 0.3) is 0 Å². The number of halogens is 1. The van der Waals surface area contributed by atoms with Gasteiger partial charge in [-0.1, -0.05) is 23.5 Å². The lowest BCUT2D eigenvalue weighted by atomic mass is 10.3. The summed E-state index contributed by atoms with van der Waals surface area (Å²) in [6.07, 6.45) is 0. The minimum atomic E-state index is 0. The van der Waals surface area contributed by atoms with Gasteiger partial charge in [0.2, 0.25) is 4.96 Å². The molecule has 0 spiro atoms. The Kier molecular flexibility index (Phi) is 3.33. The number of para-hydroxylation sites is 1. The molecule has 0 aliphatic heterocycles. The van der Waals surface area contributed by atoms with Crippen LogP contribution in [0.15, 0.2) is 24.3 Å². The van der Waals surface area contributed by atoms with Crippen molar-refractivity contribution in [3.05, 3.63) is 30.1 Å². The zero-order valence-electron chi connectivity index (χ0n) is 9.62. The maximum Gasteiger partial charge on any atom is 0.217 e. The molecule has 0 saturated heterocycles. The molecule has 0 bridgehead atoms. The lowest BCUT2D eigenvalue weighted by Gasteiger charge is -2.06. The fourth-order valence-electron chi connectivity index (χ4n) is 1.82. The SMILES string of the molecule is CN(C)Cc1nnc2sc3ccccc3n12.Cl. The standard InChI is InChI=1S/C11H12N4S.ClH/c1-14(2)7-10-12-13-11-15(10)8-5-3-4-6-9(8)16-11;/h3-6H,7H2,1-2H3;1H. The van der Waals surface area contributed by atoms with Crippen LogP contribution in [-0.2, 0) is 6.54 Å². The van der Waals surface area contributed by atoms with Crippen LogP contribution in [0.1, 0.15) is 5.82 Å². The minimum Gasteiger partial charge on any atom is -0.302 e. The maximum absolute atomic E-state index is 4.23. The largest absolute Gasteiger partial charge is 0.302 e. The molecular formula is C11H13ClN4S. The van der Waals surface area contributed by atoms with Crippen LogP contribution >= 0.6 is 23.7 Å². The van der Waals surface area contributed by atoms with E-state index in [0.29, 0.717) is 0 Å². The molecule has 2 aromatic heterocycles. The van der Waals surface area contributed by atoms with Crippen molar-refractivity contribution < 1.29 is 0 Å². The Balaban J connectivity index is 0.00000108. The first-order valence-corrected chi connectivity index (χ1v) is 5.93. The summed E-state index contributed by atoms with van der Waals surface area (Å²) in [6, 6.07) is 8.33. The molecule has 3 rings (SSSR count). The molecule has 0 radical (unpaired) electrons. The van der Waals surface area contributed by atoms with Crippen LogP contribution in [-0.4, -0.2) is 33.6 Å². The van der Waals surface area contributed by atoms with Gasteiger partial charge in [-0.3, -0.25) is 4.40 Å². The first-order chi connectivity index (χ1) is 7.75. The molecule has 3 aromatic rings. The molecule has 0 aliphatic carbocycles. The molecular weight excluding hydrogens is 256 g/mol. The zero-order chi connectivity index (χ0) is 11.1. The fraction of sp³-hybridized carbons (Fsp3) is 0.273. The molecule has 0 fully saturated rings. The van der Waals surface area contributed by atoms with Gasteiger partial charge in [-0.15, -0.1) is 22.6 Å². The van der Waals surface area contributed by atoms with Crippen LogP contribution in [0.4, 0.5) is 0 Å². The molecule has 0 atom stereocenters. The lowest BCUT2D eigenvalue weighted by molar-refractivity contribution is 0.389. The minimum absolute atomic E-state index is 0. The van der Waals surface area contributed by atoms with Crippen molar-refractivity contribution in [3.8, 4) is 0 Å². The second-order valence-corrected chi connectivity index (χ2v) is 5.05. The van der Waals surface area contributed by atoms with Crippen LogP contribution in [0.2, 0.25) is 0 Å². The fourth-order valence-corrected chi connectivity index (χ4v) is 2.80. The lowest BCUT2D eigenvalue weighted by Crippen LogP contribution is -2.13. The predicted molar refractivity (Wildman–Crippen MR) is 73.0 cm³/mol. The molecule has 0 N–H and O–H groups in total. The van der Waals surface area contributed by atoms with E-state index < -0.39 is 0 Å². The Bertz CT molecular complexity index is 643. The Morgan fingerprint density at radius 2 is 2.00 bits per heavy atom. The van der Waals surface area contributed by atoms with Crippen LogP contribution < -0.4 is 0 Å². The van der Waals surface area contributed by atoms with Crippen LogP contribution in [0.25, 0.3) is 15.2 Å². The summed E-state index contributed by atoms with van der Waals surface area (Å²) < 4.78 is 3.40. The van der Waals surface area contributed by atoms with Crippen LogP contribution in [0.5, 0.6) is 0 Å². The summed E-state index contributed by atoms with van der Waals surface area (Å²) in [6.45, 7) is 0.807. The number of thiazole rings is 1. The number of hydrogen-bond donors (Lipinski definition) is 0. The molecule has 17 heavy (non-hydrogen) atoms. The quantitative estimate of drug-likeness (QED) is 0.716. The van der Waals surface area contributed by atoms with E-state index in [1.54, 1.807) is 11.3 Å². The van der Waals surface area contributed by atoms with E-state index in [9.17, 15) is 0 Å². The Morgan fingerprint density at radius 3 is 2.76 bits per heavy atom. The number of benzene rings is 1. The van der Waals surface area contributed by atoms with Gasteiger partial charge < -0.3 is 4.90 Å². The van der Waals surface area contributed by atoms with Gasteiger partial charge >= 0.3 is 0 Å². The van der Waals surface area contributed by atoms with E-state index in [1.807, 2.05) is 20.2 Å². The summed E-state index contributed by atoms with van der Waals surface area (Å²) >= 11 is 1.68. The summed E-state index contributed by atoms with van der Waals surface area (Å²) in [5.74, 6) is 0.998. The zero-order valence-corrected chi connectivity index (χ0v) is 11.3. The van der Waals surface area contributed by atoms with Crippen LogP contribution in [0, 0.1) is 0 Å². The third-order valence-corrected chi connectivity index (χ3v) is 3.48. The molecule has 0 aliphatic rings. The Labute approximate surface area is 109 Å². The van der Waals surface area contributed by atoms with E-state index in [0.717, 1.165) is 17.3 Å². The van der Waals surface area contributed by atoms with Gasteiger partial charge in [0, 0.05) is 0 Å². The Hall–Kier alpha value is -1.17. The number of fused-ring (bicyclic) bond motifs is 3. The van der Waals surface area contributed by atoms with E-state index in [4.69, 9.17) is 0 Å². The molecule has 0 saturated carbocycles. The van der Waals surface area contributed by atoms with Crippen molar-refractivity contribution in [1.29, 1.82) is 0 Å². The maximum atomic E-state index is 4.23. The molecule has 2 heterocycles. The normalized spacial score (nSPS) is 11.2. The highest BCUT2D eigenvalue weighted by Gasteiger charge is 2.11. The monoisotopic (exact) mass is 268 g/mol. The number of rotatable bonds is 2. The highest BCUT2D eigenvalue weighted by molar-refractivity contribution is 7.23. The third-order valence-electron chi connectivity index (χ3n) is 2.47. The summed E-state index contributed by atoms with van der Waals surface area (Å²) in [5.41, 5.74) is 1.20. The molecule has 4 nitrogen and oxygen atoms in total. The van der Waals surface area contributed by atoms with Crippen molar-refractivity contribution in [3.63, 3.8) is 0 Å². The predicted octanol–water partition coefficient (Wildman–Crippen LogP) is 2.43. The van der Waals surface area contributed by atoms with Crippen LogP contribution in [0.3, 0.4) is 0 Å². The van der Waals surface area contributed by atoms with E-state index in [1.165, 1.54) is 10.2 Å². The molecule has 1 aromatic carbocycles. The summed E-state index contributed by atoms with van der Waals surface area (Å²) in [4.78, 5) is 3.07. The van der Waals surface area contributed by atoms with Crippen molar-refractivity contribution >= 4 is 38.9 Å². The molecule has 6 heteroatoms. The van der Waals surface area contributed by atoms with Gasteiger partial charge in [0.15, 0.2) is 5.82 Å². The second-order valence-electron chi connectivity index (χ2n) is 4.04. The first-order valence-electron chi connectivity index (χ1n) is 5.12. The van der Waals surface area contributed by atoms with Crippen molar-refractivity contribution in [2.45, 2.75) is 6.54 Å². The highest BCUT2D eigenvalue weighted by atomic mass is 35.5. The third kappa shape index (κ3) is 2.01. The number of hydrogen-bond acceptors (Lipinski definition) is 4. The molecule has 90 valence electrons. The topological polar surface area (TPSA) is 33.4 Å². The number of aromatic nitrogens is 3. The average Bonchev–Trinajstić information content (AvgIpc) is 2.77. The smallest absolute Gasteiger partial charge is 0.217 e. The van der Waals surface area contributed by atoms with Crippen molar-refractivity contribution in [2.24, 2.45) is 0 Å². The highest BCUT2D eigenvalue weighted by Crippen LogP contribution is 2.25. The van der Waals surface area contributed by atoms with Crippen molar-refractivity contribution in [2.75, 3.05) is 14.1 Å².